The van der Waals surface area contributed by atoms with Crippen LogP contribution in [0, 0.1) is 0 Å². The van der Waals surface area contributed by atoms with Gasteiger partial charge in [0, 0.05) is 24.6 Å². The Bertz CT molecular complexity index is 180. The molecule has 0 aromatic heterocycles. The highest BCUT2D eigenvalue weighted by molar-refractivity contribution is 7.99. The van der Waals surface area contributed by atoms with Crippen molar-refractivity contribution in [2.75, 3.05) is 36.1 Å². The lowest BCUT2D eigenvalue weighted by Crippen LogP contribution is -2.20. The summed E-state index contributed by atoms with van der Waals surface area (Å²) in [7, 11) is 0. The highest BCUT2D eigenvalue weighted by Gasteiger charge is 1.94. The van der Waals surface area contributed by atoms with Crippen LogP contribution in [0.15, 0.2) is 0 Å². The van der Waals surface area contributed by atoms with Gasteiger partial charge in [-0.15, -0.1) is 0 Å². The molecule has 0 bridgehead atoms. The highest BCUT2D eigenvalue weighted by Crippen LogP contribution is 2.10. The fourth-order valence-corrected chi connectivity index (χ4v) is 4.39. The van der Waals surface area contributed by atoms with Gasteiger partial charge in [0.05, 0.1) is 0 Å². The van der Waals surface area contributed by atoms with E-state index in [4.69, 9.17) is 0 Å². The van der Waals surface area contributed by atoms with Gasteiger partial charge in [-0.3, -0.25) is 0 Å². The molecule has 23 heavy (non-hydrogen) atoms. The van der Waals surface area contributed by atoms with E-state index >= 15 is 0 Å². The molecule has 0 aliphatic heterocycles. The molecule has 1 nitrogen and oxygen atoms in total. The smallest absolute Gasteiger partial charge is 0.00581 e. The summed E-state index contributed by atoms with van der Waals surface area (Å²) in [5.74, 6) is 5.30. The summed E-state index contributed by atoms with van der Waals surface area (Å²) in [6, 6.07) is 0. The average Bonchev–Trinajstić information content (AvgIpc) is 2.57. The molecule has 0 heterocycles. The molecule has 0 atom stereocenters. The van der Waals surface area contributed by atoms with Gasteiger partial charge in [0.15, 0.2) is 0 Å². The van der Waals surface area contributed by atoms with Gasteiger partial charge in [-0.05, 0) is 24.3 Å². The predicted molar refractivity (Wildman–Crippen MR) is 114 cm³/mol. The Balaban J connectivity index is 2.92. The third-order valence-electron chi connectivity index (χ3n) is 4.13. The molecule has 0 spiro atoms. The Kier molecular flexibility index (Phi) is 23.3. The summed E-state index contributed by atoms with van der Waals surface area (Å²) in [5, 5.41) is 3.58. The molecule has 0 amide bonds. The maximum atomic E-state index is 3.58. The van der Waals surface area contributed by atoms with Crippen LogP contribution in [-0.4, -0.2) is 36.1 Å². The number of hydrogen-bond donors (Lipinski definition) is 1. The first-order chi connectivity index (χ1) is 11.4. The van der Waals surface area contributed by atoms with Crippen molar-refractivity contribution in [1.82, 2.24) is 5.32 Å². The minimum atomic E-state index is 1.19. The molecular weight excluding hydrogens is 318 g/mol. The van der Waals surface area contributed by atoms with Gasteiger partial charge in [-0.2, -0.15) is 23.5 Å². The average molecular weight is 362 g/mol. The predicted octanol–water partition coefficient (Wildman–Crippen LogP) is 6.76. The summed E-state index contributed by atoms with van der Waals surface area (Å²) in [6.45, 7) is 6.96. The van der Waals surface area contributed by atoms with Gasteiger partial charge in [-0.25, -0.2) is 0 Å². The minimum absolute atomic E-state index is 1.19. The van der Waals surface area contributed by atoms with Crippen molar-refractivity contribution in [2.24, 2.45) is 0 Å². The summed E-state index contributed by atoms with van der Waals surface area (Å²) in [4.78, 5) is 0. The monoisotopic (exact) mass is 361 g/mol. The van der Waals surface area contributed by atoms with E-state index in [1.165, 1.54) is 113 Å². The van der Waals surface area contributed by atoms with Gasteiger partial charge >= 0.3 is 0 Å². The first-order valence-corrected chi connectivity index (χ1v) is 12.6. The molecule has 0 saturated carbocycles. The lowest BCUT2D eigenvalue weighted by atomic mass is 10.1. The van der Waals surface area contributed by atoms with Gasteiger partial charge < -0.3 is 5.32 Å². The van der Waals surface area contributed by atoms with Crippen molar-refractivity contribution in [3.63, 3.8) is 0 Å². The number of hydrogen-bond acceptors (Lipinski definition) is 3. The van der Waals surface area contributed by atoms with Crippen LogP contribution >= 0.6 is 23.5 Å². The quantitative estimate of drug-likeness (QED) is 0.240. The molecule has 0 radical (unpaired) electrons. The van der Waals surface area contributed by atoms with Crippen LogP contribution in [0.1, 0.15) is 90.9 Å². The van der Waals surface area contributed by atoms with E-state index in [1.807, 2.05) is 0 Å². The fourth-order valence-electron chi connectivity index (χ4n) is 2.59. The molecule has 0 aliphatic carbocycles. The molecule has 3 heteroatoms. The van der Waals surface area contributed by atoms with Crippen LogP contribution in [0.4, 0.5) is 0 Å². The lowest BCUT2D eigenvalue weighted by Gasteiger charge is -2.05. The van der Waals surface area contributed by atoms with Crippen LogP contribution in [0.5, 0.6) is 0 Å². The largest absolute Gasteiger partial charge is 0.315 e. The van der Waals surface area contributed by atoms with E-state index in [0.29, 0.717) is 0 Å². The number of nitrogens with one attached hydrogen (secondary N) is 1. The van der Waals surface area contributed by atoms with E-state index in [9.17, 15) is 0 Å². The third kappa shape index (κ3) is 22.7. The summed E-state index contributed by atoms with van der Waals surface area (Å²) < 4.78 is 0. The zero-order chi connectivity index (χ0) is 16.8. The van der Waals surface area contributed by atoms with Gasteiger partial charge in [0.25, 0.3) is 0 Å². The SMILES string of the molecule is CCCCCCCCSCCNCCSCCCCCCCC. The summed E-state index contributed by atoms with van der Waals surface area (Å²) in [5.41, 5.74) is 0. The molecule has 0 fully saturated rings. The summed E-state index contributed by atoms with van der Waals surface area (Å²) >= 11 is 4.26. The van der Waals surface area contributed by atoms with E-state index in [-0.39, 0.29) is 0 Å². The van der Waals surface area contributed by atoms with Crippen molar-refractivity contribution < 1.29 is 0 Å². The Morgan fingerprint density at radius 3 is 1.30 bits per heavy atom. The van der Waals surface area contributed by atoms with Crippen molar-refractivity contribution in [3.8, 4) is 0 Å². The van der Waals surface area contributed by atoms with Crippen molar-refractivity contribution >= 4 is 23.5 Å². The zero-order valence-corrected chi connectivity index (χ0v) is 17.7. The Morgan fingerprint density at radius 1 is 0.478 bits per heavy atom. The van der Waals surface area contributed by atoms with Gasteiger partial charge in [-0.1, -0.05) is 78.1 Å². The molecule has 0 aromatic rings. The Labute approximate surface area is 155 Å². The van der Waals surface area contributed by atoms with Gasteiger partial charge in [0.1, 0.15) is 0 Å². The molecule has 1 N–H and O–H groups in total. The lowest BCUT2D eigenvalue weighted by molar-refractivity contribution is 0.626. The number of thioether (sulfide) groups is 2. The van der Waals surface area contributed by atoms with E-state index in [1.54, 1.807) is 0 Å². The zero-order valence-electron chi connectivity index (χ0n) is 16.0. The number of rotatable bonds is 20. The van der Waals surface area contributed by atoms with Crippen molar-refractivity contribution in [2.45, 2.75) is 90.9 Å². The van der Waals surface area contributed by atoms with Crippen LogP contribution in [0.2, 0.25) is 0 Å². The molecule has 0 rings (SSSR count). The molecule has 0 unspecified atom stereocenters. The maximum absolute atomic E-state index is 3.58. The molecular formula is C20H43NS2. The topological polar surface area (TPSA) is 12.0 Å². The second-order valence-electron chi connectivity index (χ2n) is 6.51. The normalized spacial score (nSPS) is 11.2. The van der Waals surface area contributed by atoms with Crippen LogP contribution < -0.4 is 5.32 Å². The first kappa shape index (κ1) is 23.7. The molecule has 0 aromatic carbocycles. The van der Waals surface area contributed by atoms with E-state index < -0.39 is 0 Å². The van der Waals surface area contributed by atoms with Gasteiger partial charge in [0.2, 0.25) is 0 Å². The van der Waals surface area contributed by atoms with Crippen LogP contribution in [-0.2, 0) is 0 Å². The van der Waals surface area contributed by atoms with E-state index in [0.717, 1.165) is 0 Å². The highest BCUT2D eigenvalue weighted by atomic mass is 32.2. The molecule has 0 aliphatic rings. The third-order valence-corrected chi connectivity index (χ3v) is 6.27. The second-order valence-corrected chi connectivity index (χ2v) is 8.96. The Morgan fingerprint density at radius 2 is 0.870 bits per heavy atom. The van der Waals surface area contributed by atoms with Crippen LogP contribution in [0.25, 0.3) is 0 Å². The molecule has 0 saturated heterocycles. The summed E-state index contributed by atoms with van der Waals surface area (Å²) in [6.07, 6.45) is 17.1. The minimum Gasteiger partial charge on any atom is -0.315 e. The fraction of sp³-hybridized carbons (Fsp3) is 1.00. The second kappa shape index (κ2) is 22.7. The van der Waals surface area contributed by atoms with E-state index in [2.05, 4.69) is 42.7 Å². The van der Waals surface area contributed by atoms with Crippen molar-refractivity contribution in [3.05, 3.63) is 0 Å². The Hall–Kier alpha value is 0.660. The standard InChI is InChI=1S/C20H43NS2/c1-3-5-7-9-11-13-17-22-19-15-21-16-20-23-18-14-12-10-8-6-4-2/h21H,3-20H2,1-2H3. The van der Waals surface area contributed by atoms with Crippen LogP contribution in [0.3, 0.4) is 0 Å². The first-order valence-electron chi connectivity index (χ1n) is 10.3. The maximum Gasteiger partial charge on any atom is 0.00581 e. The number of unbranched alkanes of at least 4 members (excludes halogenated alkanes) is 10. The van der Waals surface area contributed by atoms with Crippen molar-refractivity contribution in [1.29, 1.82) is 0 Å². The molecule has 140 valence electrons.